The van der Waals surface area contributed by atoms with E-state index in [-0.39, 0.29) is 41.5 Å². The maximum atomic E-state index is 13.1. The molecule has 0 saturated heterocycles. The van der Waals surface area contributed by atoms with E-state index in [4.69, 9.17) is 9.47 Å². The molecule has 0 aromatic heterocycles. The number of hydrogen-bond donors (Lipinski definition) is 0. The van der Waals surface area contributed by atoms with E-state index in [0.29, 0.717) is 6.42 Å². The molecule has 2 saturated carbocycles. The first-order chi connectivity index (χ1) is 16.8. The maximum Gasteiger partial charge on any atom is 0.573 e. The number of hydrogen-bond acceptors (Lipinski definition) is 4. The van der Waals surface area contributed by atoms with Gasteiger partial charge in [-0.25, -0.2) is 0 Å². The zero-order chi connectivity index (χ0) is 25.0. The maximum absolute atomic E-state index is 13.1. The van der Waals surface area contributed by atoms with Gasteiger partial charge in [-0.2, -0.15) is 0 Å². The van der Waals surface area contributed by atoms with Gasteiger partial charge in [-0.1, -0.05) is 32.8 Å². The highest BCUT2D eigenvalue weighted by Crippen LogP contribution is 2.45. The minimum absolute atomic E-state index is 0.0236. The number of esters is 1. The lowest BCUT2D eigenvalue weighted by Gasteiger charge is -2.33. The van der Waals surface area contributed by atoms with Gasteiger partial charge in [-0.05, 0) is 99.7 Å². The van der Waals surface area contributed by atoms with Crippen molar-refractivity contribution < 1.29 is 32.2 Å². The summed E-state index contributed by atoms with van der Waals surface area (Å²) in [7, 11) is 0. The van der Waals surface area contributed by atoms with Crippen molar-refractivity contribution in [1.29, 1.82) is 0 Å². The molecule has 1 aliphatic heterocycles. The predicted octanol–water partition coefficient (Wildman–Crippen LogP) is 7.86. The Morgan fingerprint density at radius 3 is 2.34 bits per heavy atom. The fourth-order valence-electron chi connectivity index (χ4n) is 6.14. The van der Waals surface area contributed by atoms with Crippen molar-refractivity contribution in [2.45, 2.75) is 122 Å². The third-order valence-corrected chi connectivity index (χ3v) is 8.16. The zero-order valence-electron chi connectivity index (χ0n) is 21.0. The van der Waals surface area contributed by atoms with Crippen LogP contribution in [0.2, 0.25) is 0 Å². The summed E-state index contributed by atoms with van der Waals surface area (Å²) < 4.78 is 55.5. The summed E-state index contributed by atoms with van der Waals surface area (Å²) >= 11 is 0. The van der Waals surface area contributed by atoms with Crippen molar-refractivity contribution in [3.8, 4) is 11.5 Å². The molecule has 1 atom stereocenters. The summed E-state index contributed by atoms with van der Waals surface area (Å²) in [5.41, 5.74) is 1.65. The molecule has 0 spiro atoms. The lowest BCUT2D eigenvalue weighted by Crippen LogP contribution is -2.30. The Morgan fingerprint density at radius 1 is 1.00 bits per heavy atom. The van der Waals surface area contributed by atoms with Gasteiger partial charge in [0.25, 0.3) is 0 Å². The van der Waals surface area contributed by atoms with E-state index in [1.165, 1.54) is 18.9 Å². The second-order valence-corrected chi connectivity index (χ2v) is 10.7. The Bertz CT molecular complexity index is 852. The number of benzene rings is 1. The minimum Gasteiger partial charge on any atom is -0.486 e. The Hall–Kier alpha value is -1.92. The lowest BCUT2D eigenvalue weighted by atomic mass is 9.79. The molecule has 35 heavy (non-hydrogen) atoms. The molecule has 1 unspecified atom stereocenters. The second-order valence-electron chi connectivity index (χ2n) is 10.7. The number of ether oxygens (including phenoxy) is 3. The normalized spacial score (nSPS) is 29.1. The minimum atomic E-state index is -4.77. The summed E-state index contributed by atoms with van der Waals surface area (Å²) in [4.78, 5) is 12.7. The van der Waals surface area contributed by atoms with Crippen LogP contribution < -0.4 is 9.47 Å². The molecule has 0 amide bonds. The Labute approximate surface area is 206 Å². The van der Waals surface area contributed by atoms with Crippen LogP contribution >= 0.6 is 0 Å². The average molecular weight is 497 g/mol. The number of aryl methyl sites for hydroxylation is 1. The fourth-order valence-corrected chi connectivity index (χ4v) is 6.14. The molecule has 4 rings (SSSR count). The molecular formula is C28H39F3O4. The molecular weight excluding hydrogens is 457 g/mol. The number of rotatable bonds is 7. The first-order valence-corrected chi connectivity index (χ1v) is 13.5. The summed E-state index contributed by atoms with van der Waals surface area (Å²) in [5, 5.41) is 0. The summed E-state index contributed by atoms with van der Waals surface area (Å²) in [5.74, 6) is 0.854. The molecule has 0 N–H and O–H groups in total. The number of fused-ring (bicyclic) bond motifs is 1. The van der Waals surface area contributed by atoms with Crippen LogP contribution in [0.3, 0.4) is 0 Å². The second kappa shape index (κ2) is 11.4. The van der Waals surface area contributed by atoms with Gasteiger partial charge in [0, 0.05) is 0 Å². The van der Waals surface area contributed by atoms with Crippen molar-refractivity contribution in [1.82, 2.24) is 0 Å². The third kappa shape index (κ3) is 6.85. The van der Waals surface area contributed by atoms with Crippen LogP contribution in [0.4, 0.5) is 13.2 Å². The standard InChI is InChI=1S/C28H39F3O4/c1-3-5-18-6-8-20(9-7-18)27(32)34-24-14-10-19(11-15-24)22-16-21-12-13-23(4-2)33-26(21)25(17-22)35-28(29,30)31/h16-20,23-24H,3-15H2,1-2H3. The van der Waals surface area contributed by atoms with Crippen LogP contribution in [0, 0.1) is 11.8 Å². The molecule has 196 valence electrons. The first kappa shape index (κ1) is 26.2. The molecule has 2 fully saturated rings. The summed E-state index contributed by atoms with van der Waals surface area (Å²) in [6.07, 6.45) is 6.84. The molecule has 0 radical (unpaired) electrons. The highest BCUT2D eigenvalue weighted by molar-refractivity contribution is 5.72. The van der Waals surface area contributed by atoms with Crippen LogP contribution in [0.15, 0.2) is 12.1 Å². The van der Waals surface area contributed by atoms with Crippen LogP contribution in [0.1, 0.15) is 108 Å². The topological polar surface area (TPSA) is 44.8 Å². The number of carbonyl (C=O) groups excluding carboxylic acids is 1. The van der Waals surface area contributed by atoms with Crippen LogP contribution in [-0.2, 0) is 16.0 Å². The smallest absolute Gasteiger partial charge is 0.486 e. The number of carbonyl (C=O) groups is 1. The molecule has 0 bridgehead atoms. The van der Waals surface area contributed by atoms with Crippen molar-refractivity contribution in [2.24, 2.45) is 11.8 Å². The van der Waals surface area contributed by atoms with Gasteiger partial charge < -0.3 is 14.2 Å². The van der Waals surface area contributed by atoms with E-state index in [1.807, 2.05) is 13.0 Å². The molecule has 3 aliphatic rings. The monoisotopic (exact) mass is 496 g/mol. The van der Waals surface area contributed by atoms with Crippen LogP contribution in [0.25, 0.3) is 0 Å². The van der Waals surface area contributed by atoms with Crippen molar-refractivity contribution in [3.63, 3.8) is 0 Å². The van der Waals surface area contributed by atoms with E-state index < -0.39 is 6.36 Å². The highest BCUT2D eigenvalue weighted by Gasteiger charge is 2.36. The van der Waals surface area contributed by atoms with Crippen molar-refractivity contribution in [2.75, 3.05) is 0 Å². The first-order valence-electron chi connectivity index (χ1n) is 13.5. The SMILES string of the molecule is CCCC1CCC(C(=O)OC2CCC(c3cc4c(c(OC(F)(F)F)c3)OC(CC)CC4)CC2)CC1. The van der Waals surface area contributed by atoms with Gasteiger partial charge >= 0.3 is 12.3 Å². The Kier molecular flexibility index (Phi) is 8.54. The third-order valence-electron chi connectivity index (χ3n) is 8.16. The van der Waals surface area contributed by atoms with E-state index in [2.05, 4.69) is 11.7 Å². The molecule has 1 aromatic rings. The Balaban J connectivity index is 1.36. The largest absolute Gasteiger partial charge is 0.573 e. The van der Waals surface area contributed by atoms with Crippen molar-refractivity contribution >= 4 is 5.97 Å². The van der Waals surface area contributed by atoms with Gasteiger partial charge in [-0.15, -0.1) is 13.2 Å². The van der Waals surface area contributed by atoms with Gasteiger partial charge in [0.05, 0.1) is 12.0 Å². The van der Waals surface area contributed by atoms with Crippen molar-refractivity contribution in [3.05, 3.63) is 23.3 Å². The predicted molar refractivity (Wildman–Crippen MR) is 128 cm³/mol. The number of alkyl halides is 3. The summed E-state index contributed by atoms with van der Waals surface area (Å²) in [6.45, 7) is 4.18. The molecule has 1 aromatic carbocycles. The molecule has 1 heterocycles. The van der Waals surface area contributed by atoms with Gasteiger partial charge in [0.1, 0.15) is 6.10 Å². The summed E-state index contributed by atoms with van der Waals surface area (Å²) in [6, 6.07) is 3.51. The Morgan fingerprint density at radius 2 is 1.71 bits per heavy atom. The lowest BCUT2D eigenvalue weighted by molar-refractivity contribution is -0.275. The fraction of sp³-hybridized carbons (Fsp3) is 0.750. The van der Waals surface area contributed by atoms with Gasteiger partial charge in [0.2, 0.25) is 0 Å². The van der Waals surface area contributed by atoms with E-state index in [9.17, 15) is 18.0 Å². The zero-order valence-corrected chi connectivity index (χ0v) is 21.0. The molecule has 7 heteroatoms. The number of halogens is 3. The van der Waals surface area contributed by atoms with Crippen LogP contribution in [-0.4, -0.2) is 24.5 Å². The quantitative estimate of drug-likeness (QED) is 0.360. The van der Waals surface area contributed by atoms with E-state index in [1.54, 1.807) is 0 Å². The molecule has 2 aliphatic carbocycles. The van der Waals surface area contributed by atoms with Crippen LogP contribution in [0.5, 0.6) is 11.5 Å². The molecule has 4 nitrogen and oxygen atoms in total. The van der Waals surface area contributed by atoms with Gasteiger partial charge in [0.15, 0.2) is 11.5 Å². The van der Waals surface area contributed by atoms with E-state index >= 15 is 0 Å². The average Bonchev–Trinajstić information content (AvgIpc) is 2.84. The van der Waals surface area contributed by atoms with Gasteiger partial charge in [-0.3, -0.25) is 4.79 Å². The van der Waals surface area contributed by atoms with E-state index in [0.717, 1.165) is 81.3 Å². The highest BCUT2D eigenvalue weighted by atomic mass is 19.4.